The molecule has 0 aliphatic rings. The predicted molar refractivity (Wildman–Crippen MR) is 106 cm³/mol. The number of thioether (sulfide) groups is 1. The molecule has 0 atom stereocenters. The summed E-state index contributed by atoms with van der Waals surface area (Å²) < 4.78 is 11.5. The Labute approximate surface area is 163 Å². The summed E-state index contributed by atoms with van der Waals surface area (Å²) >= 11 is 1.43. The number of nitrogens with zero attached hydrogens (tertiary/aromatic N) is 2. The number of hydrogen-bond acceptors (Lipinski definition) is 6. The Morgan fingerprint density at radius 3 is 2.63 bits per heavy atom. The van der Waals surface area contributed by atoms with Gasteiger partial charge >= 0.3 is 0 Å². The van der Waals surface area contributed by atoms with Crippen LogP contribution in [0.4, 0.5) is 0 Å². The van der Waals surface area contributed by atoms with Crippen molar-refractivity contribution in [1.29, 1.82) is 0 Å². The highest BCUT2D eigenvalue weighted by atomic mass is 32.2. The van der Waals surface area contributed by atoms with Gasteiger partial charge in [0.1, 0.15) is 5.75 Å². The average molecular weight is 382 g/mol. The molecule has 140 valence electrons. The Kier molecular flexibility index (Phi) is 5.96. The fourth-order valence-electron chi connectivity index (χ4n) is 2.61. The molecular formula is C21H22N2O3S. The molecule has 0 saturated carbocycles. The highest BCUT2D eigenvalue weighted by molar-refractivity contribution is 7.98. The van der Waals surface area contributed by atoms with Crippen molar-refractivity contribution >= 4 is 17.5 Å². The van der Waals surface area contributed by atoms with E-state index in [1.165, 1.54) is 22.9 Å². The number of rotatable bonds is 7. The van der Waals surface area contributed by atoms with E-state index >= 15 is 0 Å². The third-order valence-corrected chi connectivity index (χ3v) is 5.15. The topological polar surface area (TPSA) is 65.2 Å². The Hall–Kier alpha value is -2.60. The van der Waals surface area contributed by atoms with Crippen molar-refractivity contribution in [3.8, 4) is 17.2 Å². The van der Waals surface area contributed by atoms with E-state index in [0.717, 1.165) is 16.9 Å². The van der Waals surface area contributed by atoms with Gasteiger partial charge in [0.2, 0.25) is 5.89 Å². The van der Waals surface area contributed by atoms with Crippen LogP contribution < -0.4 is 4.74 Å². The van der Waals surface area contributed by atoms with Gasteiger partial charge in [-0.1, -0.05) is 17.8 Å². The normalized spacial score (nSPS) is 10.8. The average Bonchev–Trinajstić information content (AvgIpc) is 3.12. The van der Waals surface area contributed by atoms with Gasteiger partial charge in [-0.25, -0.2) is 0 Å². The molecule has 1 heterocycles. The highest BCUT2D eigenvalue weighted by Crippen LogP contribution is 2.30. The molecular weight excluding hydrogens is 360 g/mol. The second-order valence-corrected chi connectivity index (χ2v) is 7.20. The van der Waals surface area contributed by atoms with E-state index in [-0.39, 0.29) is 5.78 Å². The molecule has 0 amide bonds. The van der Waals surface area contributed by atoms with Crippen molar-refractivity contribution < 1.29 is 13.9 Å². The minimum atomic E-state index is 0.0270. The van der Waals surface area contributed by atoms with Crippen LogP contribution in [0.2, 0.25) is 0 Å². The minimum Gasteiger partial charge on any atom is -0.494 e. The molecule has 0 aliphatic heterocycles. The molecule has 0 radical (unpaired) electrons. The molecule has 0 bridgehead atoms. The first-order chi connectivity index (χ1) is 13.0. The lowest BCUT2D eigenvalue weighted by atomic mass is 10.1. The van der Waals surface area contributed by atoms with Gasteiger partial charge in [-0.15, -0.1) is 10.2 Å². The third-order valence-electron chi connectivity index (χ3n) is 4.28. The molecule has 6 heteroatoms. The van der Waals surface area contributed by atoms with Crippen molar-refractivity contribution in [2.24, 2.45) is 0 Å². The lowest BCUT2D eigenvalue weighted by molar-refractivity contribution is 0.101. The summed E-state index contributed by atoms with van der Waals surface area (Å²) in [6, 6.07) is 11.6. The van der Waals surface area contributed by atoms with Gasteiger partial charge in [-0.05, 0) is 69.2 Å². The highest BCUT2D eigenvalue weighted by Gasteiger charge is 2.13. The number of Topliss-reactive ketones (excluding diaryl/α,β-unsaturated/α-hetero) is 1. The first kappa shape index (κ1) is 19.2. The smallest absolute Gasteiger partial charge is 0.277 e. The van der Waals surface area contributed by atoms with Gasteiger partial charge in [0, 0.05) is 22.4 Å². The summed E-state index contributed by atoms with van der Waals surface area (Å²) in [5, 5.41) is 8.77. The first-order valence-corrected chi connectivity index (χ1v) is 9.77. The number of aryl methyl sites for hydroxylation is 2. The third kappa shape index (κ3) is 4.57. The summed E-state index contributed by atoms with van der Waals surface area (Å²) in [5.74, 6) is 1.87. The molecule has 0 saturated heterocycles. The molecule has 0 unspecified atom stereocenters. The molecule has 27 heavy (non-hydrogen) atoms. The quantitative estimate of drug-likeness (QED) is 0.411. The zero-order valence-corrected chi connectivity index (χ0v) is 16.7. The standard InChI is InChI=1S/C21H22N2O3S/c1-5-25-19-9-8-16(15(4)24)11-18(19)12-27-21-23-22-20(26-21)17-7-6-13(2)14(3)10-17/h6-11H,5,12H2,1-4H3. The lowest BCUT2D eigenvalue weighted by Crippen LogP contribution is -1.99. The summed E-state index contributed by atoms with van der Waals surface area (Å²) in [4.78, 5) is 11.7. The predicted octanol–water partition coefficient (Wildman–Crippen LogP) is 5.25. The van der Waals surface area contributed by atoms with Gasteiger partial charge in [0.25, 0.3) is 5.22 Å². The molecule has 2 aromatic carbocycles. The molecule has 0 aliphatic carbocycles. The zero-order valence-electron chi connectivity index (χ0n) is 15.9. The molecule has 1 aromatic heterocycles. The number of aromatic nitrogens is 2. The van der Waals surface area contributed by atoms with Crippen LogP contribution in [0.3, 0.4) is 0 Å². The van der Waals surface area contributed by atoms with Crippen LogP contribution in [0.15, 0.2) is 46.0 Å². The van der Waals surface area contributed by atoms with E-state index in [1.54, 1.807) is 13.0 Å². The number of hydrogen-bond donors (Lipinski definition) is 0. The van der Waals surface area contributed by atoms with Crippen LogP contribution in [-0.2, 0) is 5.75 Å². The first-order valence-electron chi connectivity index (χ1n) is 8.78. The maximum atomic E-state index is 11.7. The van der Waals surface area contributed by atoms with E-state index in [0.29, 0.717) is 29.0 Å². The summed E-state index contributed by atoms with van der Waals surface area (Å²) in [6.45, 7) is 8.18. The fraction of sp³-hybridized carbons (Fsp3) is 0.286. The number of carbonyl (C=O) groups is 1. The van der Waals surface area contributed by atoms with Crippen LogP contribution in [-0.4, -0.2) is 22.6 Å². The molecule has 0 spiro atoms. The summed E-state index contributed by atoms with van der Waals surface area (Å²) in [6.07, 6.45) is 0. The van der Waals surface area contributed by atoms with Gasteiger partial charge in [0.15, 0.2) is 5.78 Å². The van der Waals surface area contributed by atoms with E-state index in [1.807, 2.05) is 37.3 Å². The van der Waals surface area contributed by atoms with Gasteiger partial charge in [-0.2, -0.15) is 0 Å². The van der Waals surface area contributed by atoms with Gasteiger partial charge in [-0.3, -0.25) is 4.79 Å². The van der Waals surface area contributed by atoms with Crippen molar-refractivity contribution in [2.45, 2.75) is 38.7 Å². The van der Waals surface area contributed by atoms with E-state index in [2.05, 4.69) is 24.0 Å². The Morgan fingerprint density at radius 2 is 1.93 bits per heavy atom. The van der Waals surface area contributed by atoms with Gasteiger partial charge < -0.3 is 9.15 Å². The largest absolute Gasteiger partial charge is 0.494 e. The fourth-order valence-corrected chi connectivity index (χ4v) is 3.35. The maximum absolute atomic E-state index is 11.7. The number of benzene rings is 2. The number of ketones is 1. The zero-order chi connectivity index (χ0) is 19.4. The van der Waals surface area contributed by atoms with Crippen LogP contribution in [0.25, 0.3) is 11.5 Å². The Morgan fingerprint density at radius 1 is 1.11 bits per heavy atom. The number of ether oxygens (including phenoxy) is 1. The van der Waals surface area contributed by atoms with Crippen molar-refractivity contribution in [3.63, 3.8) is 0 Å². The van der Waals surface area contributed by atoms with Gasteiger partial charge in [0.05, 0.1) is 6.61 Å². The van der Waals surface area contributed by atoms with Crippen LogP contribution >= 0.6 is 11.8 Å². The maximum Gasteiger partial charge on any atom is 0.277 e. The van der Waals surface area contributed by atoms with E-state index in [4.69, 9.17) is 9.15 Å². The van der Waals surface area contributed by atoms with E-state index < -0.39 is 0 Å². The summed E-state index contributed by atoms with van der Waals surface area (Å²) in [5.41, 5.74) is 4.91. The van der Waals surface area contributed by atoms with Crippen molar-refractivity contribution in [1.82, 2.24) is 10.2 Å². The second-order valence-electron chi connectivity index (χ2n) is 6.27. The molecule has 5 nitrogen and oxygen atoms in total. The minimum absolute atomic E-state index is 0.0270. The van der Waals surface area contributed by atoms with Crippen LogP contribution in [0, 0.1) is 13.8 Å². The molecule has 3 rings (SSSR count). The Bertz CT molecular complexity index is 966. The number of carbonyl (C=O) groups excluding carboxylic acids is 1. The van der Waals surface area contributed by atoms with Crippen molar-refractivity contribution in [2.75, 3.05) is 6.61 Å². The second kappa shape index (κ2) is 8.39. The molecule has 3 aromatic rings. The van der Waals surface area contributed by atoms with E-state index in [9.17, 15) is 4.79 Å². The van der Waals surface area contributed by atoms with Crippen LogP contribution in [0.5, 0.6) is 5.75 Å². The monoisotopic (exact) mass is 382 g/mol. The molecule has 0 fully saturated rings. The Balaban J connectivity index is 1.77. The SMILES string of the molecule is CCOc1ccc(C(C)=O)cc1CSc1nnc(-c2ccc(C)c(C)c2)o1. The molecule has 0 N–H and O–H groups in total. The lowest BCUT2D eigenvalue weighted by Gasteiger charge is -2.10. The van der Waals surface area contributed by atoms with Crippen LogP contribution in [0.1, 0.15) is 40.9 Å². The summed E-state index contributed by atoms with van der Waals surface area (Å²) in [7, 11) is 0. The van der Waals surface area contributed by atoms with Crippen molar-refractivity contribution in [3.05, 3.63) is 58.7 Å².